The van der Waals surface area contributed by atoms with Crippen LogP contribution in [0.5, 0.6) is 0 Å². The van der Waals surface area contributed by atoms with Crippen LogP contribution < -0.4 is 4.90 Å². The second kappa shape index (κ2) is 5.36. The van der Waals surface area contributed by atoms with Gasteiger partial charge in [-0.3, -0.25) is 4.79 Å². The van der Waals surface area contributed by atoms with Crippen LogP contribution in [0.25, 0.3) is 0 Å². The van der Waals surface area contributed by atoms with Crippen LogP contribution in [0.2, 0.25) is 0 Å². The largest absolute Gasteiger partial charge is 0.330 e. The van der Waals surface area contributed by atoms with E-state index in [1.165, 1.54) is 11.1 Å². The highest BCUT2D eigenvalue weighted by molar-refractivity contribution is 5.74. The summed E-state index contributed by atoms with van der Waals surface area (Å²) in [5.74, 6) is 0.517. The highest BCUT2D eigenvalue weighted by Gasteiger charge is 2.05. The van der Waals surface area contributed by atoms with Gasteiger partial charge in [-0.2, -0.15) is 10.5 Å². The molecular formula is C10H8N4O. The van der Waals surface area contributed by atoms with E-state index in [1.54, 1.807) is 12.1 Å². The Kier molecular flexibility index (Phi) is 3.81. The highest BCUT2D eigenvalue weighted by atomic mass is 16.1. The summed E-state index contributed by atoms with van der Waals surface area (Å²) in [6.07, 6.45) is 2.10. The van der Waals surface area contributed by atoms with Crippen molar-refractivity contribution in [3.63, 3.8) is 0 Å². The smallest absolute Gasteiger partial charge is 0.151 e. The number of rotatable bonds is 4. The molecular weight excluding hydrogens is 192 g/mol. The highest BCUT2D eigenvalue weighted by Crippen LogP contribution is 2.09. The lowest BCUT2D eigenvalue weighted by Crippen LogP contribution is -2.24. The molecule has 1 heterocycles. The van der Waals surface area contributed by atoms with Crippen LogP contribution in [-0.4, -0.2) is 24.4 Å². The van der Waals surface area contributed by atoms with Gasteiger partial charge in [0.2, 0.25) is 0 Å². The predicted octanol–water partition coefficient (Wildman–Crippen LogP) is 0.748. The van der Waals surface area contributed by atoms with Crippen LogP contribution in [-0.2, 0) is 0 Å². The molecule has 0 radical (unpaired) electrons. The van der Waals surface area contributed by atoms with E-state index < -0.39 is 0 Å². The molecule has 0 aliphatic heterocycles. The van der Waals surface area contributed by atoms with Crippen molar-refractivity contribution < 1.29 is 4.79 Å². The molecule has 0 aromatic carbocycles. The van der Waals surface area contributed by atoms with Crippen LogP contribution in [0.1, 0.15) is 10.4 Å². The Morgan fingerprint density at radius 3 is 2.40 bits per heavy atom. The summed E-state index contributed by atoms with van der Waals surface area (Å²) in [5.41, 5.74) is 0.465. The molecule has 74 valence electrons. The second-order valence-electron chi connectivity index (χ2n) is 2.74. The van der Waals surface area contributed by atoms with Gasteiger partial charge in [-0.05, 0) is 12.1 Å². The number of hydrogen-bond acceptors (Lipinski definition) is 5. The maximum Gasteiger partial charge on any atom is 0.151 e. The van der Waals surface area contributed by atoms with Gasteiger partial charge in [-0.1, -0.05) is 0 Å². The number of carbonyl (C=O) groups excluding carboxylic acids is 1. The normalized spacial score (nSPS) is 8.67. The van der Waals surface area contributed by atoms with Gasteiger partial charge in [-0.25, -0.2) is 4.98 Å². The Morgan fingerprint density at radius 2 is 2.00 bits per heavy atom. The molecule has 0 bridgehead atoms. The third kappa shape index (κ3) is 2.78. The molecule has 0 unspecified atom stereocenters. The topological polar surface area (TPSA) is 80.8 Å². The summed E-state index contributed by atoms with van der Waals surface area (Å²) in [6.45, 7) is 0.196. The maximum atomic E-state index is 10.4. The molecule has 0 saturated carbocycles. The average Bonchev–Trinajstić information content (AvgIpc) is 2.29. The van der Waals surface area contributed by atoms with Crippen LogP contribution in [0.3, 0.4) is 0 Å². The first-order valence-electron chi connectivity index (χ1n) is 4.22. The summed E-state index contributed by atoms with van der Waals surface area (Å²) in [5, 5.41) is 17.1. The minimum absolute atomic E-state index is 0.0982. The Bertz CT molecular complexity index is 397. The van der Waals surface area contributed by atoms with Crippen molar-refractivity contribution in [3.8, 4) is 12.1 Å². The molecule has 0 atom stereocenters. The minimum Gasteiger partial charge on any atom is -0.330 e. The lowest BCUT2D eigenvalue weighted by molar-refractivity contribution is 0.112. The van der Waals surface area contributed by atoms with Crippen LogP contribution in [0, 0.1) is 22.7 Å². The fourth-order valence-electron chi connectivity index (χ4n) is 1.04. The summed E-state index contributed by atoms with van der Waals surface area (Å²) in [7, 11) is 0. The first-order valence-corrected chi connectivity index (χ1v) is 4.22. The zero-order chi connectivity index (χ0) is 11.1. The number of aldehydes is 1. The molecule has 0 spiro atoms. The number of hydrogen-bond donors (Lipinski definition) is 0. The fraction of sp³-hybridized carbons (Fsp3) is 0.200. The van der Waals surface area contributed by atoms with Crippen molar-refractivity contribution >= 4 is 12.1 Å². The summed E-state index contributed by atoms with van der Waals surface area (Å²) >= 11 is 0. The molecule has 0 amide bonds. The molecule has 0 saturated heterocycles. The summed E-state index contributed by atoms with van der Waals surface area (Å²) in [6, 6.07) is 7.09. The third-order valence-electron chi connectivity index (χ3n) is 1.75. The standard InChI is InChI=1S/C10H8N4O/c11-3-5-14(6-4-12)10-2-1-9(8-15)7-13-10/h1-2,7-8H,5-6H2. The Labute approximate surface area is 87.2 Å². The van der Waals surface area contributed by atoms with Gasteiger partial charge in [0, 0.05) is 11.8 Å². The van der Waals surface area contributed by atoms with E-state index in [-0.39, 0.29) is 13.1 Å². The van der Waals surface area contributed by atoms with E-state index >= 15 is 0 Å². The molecule has 5 heteroatoms. The first kappa shape index (κ1) is 10.7. The van der Waals surface area contributed by atoms with Crippen molar-refractivity contribution in [2.75, 3.05) is 18.0 Å². The van der Waals surface area contributed by atoms with Crippen molar-refractivity contribution in [2.45, 2.75) is 0 Å². The minimum atomic E-state index is 0.0982. The molecule has 5 nitrogen and oxygen atoms in total. The number of carbonyl (C=O) groups is 1. The van der Waals surface area contributed by atoms with Gasteiger partial charge < -0.3 is 4.90 Å². The number of aromatic nitrogens is 1. The zero-order valence-electron chi connectivity index (χ0n) is 7.92. The number of pyridine rings is 1. The van der Waals surface area contributed by atoms with Crippen LogP contribution in [0.15, 0.2) is 18.3 Å². The quantitative estimate of drug-likeness (QED) is 0.529. The Hall–Kier alpha value is -2.40. The van der Waals surface area contributed by atoms with Crippen LogP contribution in [0.4, 0.5) is 5.82 Å². The van der Waals surface area contributed by atoms with E-state index in [2.05, 4.69) is 4.98 Å². The average molecular weight is 200 g/mol. The van der Waals surface area contributed by atoms with E-state index in [4.69, 9.17) is 10.5 Å². The van der Waals surface area contributed by atoms with Crippen molar-refractivity contribution in [1.29, 1.82) is 10.5 Å². The van der Waals surface area contributed by atoms with Gasteiger partial charge in [0.05, 0.1) is 12.1 Å². The zero-order valence-corrected chi connectivity index (χ0v) is 7.92. The molecule has 1 aromatic heterocycles. The third-order valence-corrected chi connectivity index (χ3v) is 1.75. The van der Waals surface area contributed by atoms with E-state index in [0.29, 0.717) is 17.7 Å². The van der Waals surface area contributed by atoms with Gasteiger partial charge in [0.1, 0.15) is 18.9 Å². The molecule has 0 N–H and O–H groups in total. The number of nitrogens with zero attached hydrogens (tertiary/aromatic N) is 4. The summed E-state index contributed by atoms with van der Waals surface area (Å²) < 4.78 is 0. The van der Waals surface area contributed by atoms with Crippen molar-refractivity contribution in [3.05, 3.63) is 23.9 Å². The second-order valence-corrected chi connectivity index (χ2v) is 2.74. The lowest BCUT2D eigenvalue weighted by atomic mass is 10.3. The number of anilines is 1. The first-order chi connectivity index (χ1) is 7.31. The number of nitriles is 2. The van der Waals surface area contributed by atoms with Crippen LogP contribution >= 0.6 is 0 Å². The van der Waals surface area contributed by atoms with E-state index in [0.717, 1.165) is 0 Å². The molecule has 15 heavy (non-hydrogen) atoms. The molecule has 1 rings (SSSR count). The SMILES string of the molecule is N#CCN(CC#N)c1ccc(C=O)cn1. The Morgan fingerprint density at radius 1 is 1.33 bits per heavy atom. The maximum absolute atomic E-state index is 10.4. The van der Waals surface area contributed by atoms with Gasteiger partial charge in [0.15, 0.2) is 6.29 Å². The lowest BCUT2D eigenvalue weighted by Gasteiger charge is -2.16. The molecule has 0 aliphatic rings. The van der Waals surface area contributed by atoms with Crippen molar-refractivity contribution in [1.82, 2.24) is 4.98 Å². The van der Waals surface area contributed by atoms with Crippen molar-refractivity contribution in [2.24, 2.45) is 0 Å². The van der Waals surface area contributed by atoms with E-state index in [9.17, 15) is 4.79 Å². The Balaban J connectivity index is 2.87. The van der Waals surface area contributed by atoms with Gasteiger partial charge in [0.25, 0.3) is 0 Å². The van der Waals surface area contributed by atoms with Gasteiger partial charge >= 0.3 is 0 Å². The summed E-state index contributed by atoms with van der Waals surface area (Å²) in [4.78, 5) is 15.9. The molecule has 0 fully saturated rings. The van der Waals surface area contributed by atoms with Gasteiger partial charge in [-0.15, -0.1) is 0 Å². The fourth-order valence-corrected chi connectivity index (χ4v) is 1.04. The predicted molar refractivity (Wildman–Crippen MR) is 53.1 cm³/mol. The van der Waals surface area contributed by atoms with E-state index in [1.807, 2.05) is 12.1 Å². The molecule has 1 aromatic rings. The monoisotopic (exact) mass is 200 g/mol. The molecule has 0 aliphatic carbocycles.